The lowest BCUT2D eigenvalue weighted by molar-refractivity contribution is 0.0986. The molecule has 0 aliphatic carbocycles. The number of hydrogen-bond donors (Lipinski definition) is 1. The normalized spacial score (nSPS) is 13.0. The molecule has 0 bridgehead atoms. The summed E-state index contributed by atoms with van der Waals surface area (Å²) in [5, 5.41) is 2.91. The maximum Gasteiger partial charge on any atom is 0.260 e. The largest absolute Gasteiger partial charge is 0.321 e. The minimum atomic E-state index is -0.219. The number of carbonyl (C=O) groups is 2. The van der Waals surface area contributed by atoms with Gasteiger partial charge in [0.05, 0.1) is 11.3 Å². The Morgan fingerprint density at radius 1 is 0.929 bits per heavy atom. The molecule has 0 fully saturated rings. The van der Waals surface area contributed by atoms with E-state index in [2.05, 4.69) is 11.4 Å². The van der Waals surface area contributed by atoms with E-state index in [0.29, 0.717) is 23.4 Å². The van der Waals surface area contributed by atoms with Crippen molar-refractivity contribution in [1.29, 1.82) is 0 Å². The van der Waals surface area contributed by atoms with Crippen LogP contribution in [0.4, 0.5) is 11.4 Å². The molecule has 4 heteroatoms. The van der Waals surface area contributed by atoms with Crippen molar-refractivity contribution in [2.24, 2.45) is 0 Å². The Bertz CT molecular complexity index is 1040. The van der Waals surface area contributed by atoms with E-state index in [9.17, 15) is 9.59 Å². The lowest BCUT2D eigenvalue weighted by atomic mass is 10.0. The van der Waals surface area contributed by atoms with Gasteiger partial charge in [0.1, 0.15) is 0 Å². The van der Waals surface area contributed by atoms with Crippen molar-refractivity contribution in [3.05, 3.63) is 95.1 Å². The summed E-state index contributed by atoms with van der Waals surface area (Å²) in [4.78, 5) is 27.8. The van der Waals surface area contributed by atoms with Crippen LogP contribution in [0.3, 0.4) is 0 Å². The summed E-state index contributed by atoms with van der Waals surface area (Å²) in [5.41, 5.74) is 4.76. The van der Waals surface area contributed by atoms with Gasteiger partial charge in [0, 0.05) is 17.8 Å². The molecule has 0 saturated heterocycles. The number of hydrogen-bond acceptors (Lipinski definition) is 2. The Morgan fingerprint density at radius 3 is 2.57 bits per heavy atom. The smallest absolute Gasteiger partial charge is 0.260 e. The van der Waals surface area contributed by atoms with Gasteiger partial charge in [-0.15, -0.1) is 0 Å². The highest BCUT2D eigenvalue weighted by Crippen LogP contribution is 2.29. The van der Waals surface area contributed by atoms with Crippen LogP contribution in [0.2, 0.25) is 0 Å². The van der Waals surface area contributed by atoms with Gasteiger partial charge in [-0.05, 0) is 55.7 Å². The molecule has 0 atom stereocenters. The number of anilines is 2. The van der Waals surface area contributed by atoms with Crippen LogP contribution >= 0.6 is 0 Å². The third kappa shape index (κ3) is 3.54. The number of aryl methyl sites for hydroxylation is 2. The fourth-order valence-electron chi connectivity index (χ4n) is 3.65. The molecular formula is C24H22N2O2. The molecule has 4 rings (SSSR count). The average Bonchev–Trinajstić information content (AvgIpc) is 2.73. The molecule has 2 amide bonds. The maximum absolute atomic E-state index is 13.3. The zero-order valence-electron chi connectivity index (χ0n) is 15.8. The molecule has 28 heavy (non-hydrogen) atoms. The number of carbonyl (C=O) groups excluding carboxylic acids is 2. The van der Waals surface area contributed by atoms with Crippen molar-refractivity contribution in [3.8, 4) is 0 Å². The van der Waals surface area contributed by atoms with Gasteiger partial charge in [-0.25, -0.2) is 0 Å². The molecule has 0 aromatic heterocycles. The first kappa shape index (κ1) is 18.0. The van der Waals surface area contributed by atoms with Crippen molar-refractivity contribution < 1.29 is 9.59 Å². The summed E-state index contributed by atoms with van der Waals surface area (Å²) in [5.74, 6) is -0.310. The Balaban J connectivity index is 1.63. The number of amides is 2. The number of rotatable bonds is 3. The molecular weight excluding hydrogens is 348 g/mol. The molecule has 0 spiro atoms. The SMILES string of the molecule is Cc1cccc(C(=O)Nc2ccccc2C(=O)N2CCCc3ccccc32)c1. The zero-order chi connectivity index (χ0) is 19.5. The van der Waals surface area contributed by atoms with Gasteiger partial charge in [-0.2, -0.15) is 0 Å². The third-order valence-electron chi connectivity index (χ3n) is 5.04. The highest BCUT2D eigenvalue weighted by molar-refractivity contribution is 6.13. The Kier molecular flexibility index (Phi) is 4.94. The highest BCUT2D eigenvalue weighted by Gasteiger charge is 2.25. The second-order valence-corrected chi connectivity index (χ2v) is 7.06. The van der Waals surface area contributed by atoms with Crippen molar-refractivity contribution in [2.75, 3.05) is 16.8 Å². The van der Waals surface area contributed by atoms with Crippen molar-refractivity contribution in [3.63, 3.8) is 0 Å². The first-order chi connectivity index (χ1) is 13.6. The van der Waals surface area contributed by atoms with Gasteiger partial charge < -0.3 is 10.2 Å². The van der Waals surface area contributed by atoms with Crippen LogP contribution in [0.5, 0.6) is 0 Å². The number of nitrogens with zero attached hydrogens (tertiary/aromatic N) is 1. The molecule has 4 nitrogen and oxygen atoms in total. The Hall–Kier alpha value is -3.40. The van der Waals surface area contributed by atoms with Crippen LogP contribution in [0, 0.1) is 6.92 Å². The van der Waals surface area contributed by atoms with E-state index in [1.54, 1.807) is 18.2 Å². The fraction of sp³-hybridized carbons (Fsp3) is 0.167. The summed E-state index contributed by atoms with van der Waals surface area (Å²) in [7, 11) is 0. The van der Waals surface area contributed by atoms with Crippen molar-refractivity contribution in [2.45, 2.75) is 19.8 Å². The molecule has 0 unspecified atom stereocenters. The minimum absolute atomic E-state index is 0.0905. The maximum atomic E-state index is 13.3. The second-order valence-electron chi connectivity index (χ2n) is 7.06. The molecule has 1 aliphatic rings. The lowest BCUT2D eigenvalue weighted by Gasteiger charge is -2.30. The lowest BCUT2D eigenvalue weighted by Crippen LogP contribution is -2.36. The van der Waals surface area contributed by atoms with E-state index in [1.165, 1.54) is 5.56 Å². The first-order valence-electron chi connectivity index (χ1n) is 9.50. The molecule has 3 aromatic carbocycles. The molecule has 0 radical (unpaired) electrons. The van der Waals surface area contributed by atoms with Gasteiger partial charge >= 0.3 is 0 Å². The molecule has 0 saturated carbocycles. The highest BCUT2D eigenvalue weighted by atomic mass is 16.2. The predicted octanol–water partition coefficient (Wildman–Crippen LogP) is 4.84. The van der Waals surface area contributed by atoms with Crippen LogP contribution in [-0.4, -0.2) is 18.4 Å². The van der Waals surface area contributed by atoms with Crippen molar-refractivity contribution >= 4 is 23.2 Å². The summed E-state index contributed by atoms with van der Waals surface area (Å²) in [6, 6.07) is 22.6. The first-order valence-corrected chi connectivity index (χ1v) is 9.50. The molecule has 3 aromatic rings. The molecule has 1 N–H and O–H groups in total. The van der Waals surface area contributed by atoms with E-state index in [-0.39, 0.29) is 11.8 Å². The number of nitrogens with one attached hydrogen (secondary N) is 1. The quantitative estimate of drug-likeness (QED) is 0.717. The Labute approximate surface area is 164 Å². The molecule has 140 valence electrons. The van der Waals surface area contributed by atoms with E-state index >= 15 is 0 Å². The number of para-hydroxylation sites is 2. The monoisotopic (exact) mass is 370 g/mol. The standard InChI is InChI=1S/C24H22N2O2/c1-17-8-6-10-19(16-17)23(27)25-21-13-4-3-12-20(21)24(28)26-15-7-11-18-9-2-5-14-22(18)26/h2-6,8-10,12-14,16H,7,11,15H2,1H3,(H,25,27). The fourth-order valence-corrected chi connectivity index (χ4v) is 3.65. The topological polar surface area (TPSA) is 49.4 Å². The van der Waals surface area contributed by atoms with Gasteiger partial charge in [-0.3, -0.25) is 9.59 Å². The van der Waals surface area contributed by atoms with Gasteiger partial charge in [0.15, 0.2) is 0 Å². The zero-order valence-corrected chi connectivity index (χ0v) is 15.8. The summed E-state index contributed by atoms with van der Waals surface area (Å²) >= 11 is 0. The van der Waals surface area contributed by atoms with Crippen molar-refractivity contribution in [1.82, 2.24) is 0 Å². The summed E-state index contributed by atoms with van der Waals surface area (Å²) in [6.07, 6.45) is 1.91. The Morgan fingerprint density at radius 2 is 1.71 bits per heavy atom. The number of benzene rings is 3. The van der Waals surface area contributed by atoms with Crippen LogP contribution in [0.25, 0.3) is 0 Å². The van der Waals surface area contributed by atoms with E-state index in [0.717, 1.165) is 24.1 Å². The predicted molar refractivity (Wildman–Crippen MR) is 112 cm³/mol. The molecule has 1 aliphatic heterocycles. The van der Waals surface area contributed by atoms with E-state index in [4.69, 9.17) is 0 Å². The molecule has 1 heterocycles. The summed E-state index contributed by atoms with van der Waals surface area (Å²) < 4.78 is 0. The van der Waals surface area contributed by atoms with Crippen LogP contribution in [0.15, 0.2) is 72.8 Å². The summed E-state index contributed by atoms with van der Waals surface area (Å²) in [6.45, 7) is 2.62. The van der Waals surface area contributed by atoms with Crippen LogP contribution in [-0.2, 0) is 6.42 Å². The van der Waals surface area contributed by atoms with Gasteiger partial charge in [-0.1, -0.05) is 48.0 Å². The van der Waals surface area contributed by atoms with Gasteiger partial charge in [0.2, 0.25) is 0 Å². The average molecular weight is 370 g/mol. The van der Waals surface area contributed by atoms with Gasteiger partial charge in [0.25, 0.3) is 11.8 Å². The van der Waals surface area contributed by atoms with E-state index < -0.39 is 0 Å². The second kappa shape index (κ2) is 7.69. The van der Waals surface area contributed by atoms with Crippen LogP contribution in [0.1, 0.15) is 38.3 Å². The minimum Gasteiger partial charge on any atom is -0.321 e. The van der Waals surface area contributed by atoms with E-state index in [1.807, 2.05) is 60.4 Å². The number of fused-ring (bicyclic) bond motifs is 1. The van der Waals surface area contributed by atoms with Crippen LogP contribution < -0.4 is 10.2 Å². The third-order valence-corrected chi connectivity index (χ3v) is 5.04.